The fraction of sp³-hybridized carbons (Fsp3) is 0.455. The normalized spacial score (nSPS) is 21.8. The van der Waals surface area contributed by atoms with Gasteiger partial charge in [0.25, 0.3) is 0 Å². The molecule has 0 unspecified atom stereocenters. The summed E-state index contributed by atoms with van der Waals surface area (Å²) in [7, 11) is 4.30. The lowest BCUT2D eigenvalue weighted by atomic mass is 9.79. The van der Waals surface area contributed by atoms with Crippen molar-refractivity contribution in [3.8, 4) is 0 Å². The zero-order valence-electron chi connectivity index (χ0n) is 34.1. The number of aliphatic carboxylic acids is 2. The first-order valence-corrected chi connectivity index (χ1v) is 20.2. The largest absolute Gasteiger partial charge is 0.479 e. The zero-order chi connectivity index (χ0) is 42.0. The van der Waals surface area contributed by atoms with Crippen LogP contribution < -0.4 is 0 Å². The van der Waals surface area contributed by atoms with Crippen LogP contribution in [0.3, 0.4) is 0 Å². The maximum atomic E-state index is 12.9. The number of carbonyl (C=O) groups is 4. The van der Waals surface area contributed by atoms with Gasteiger partial charge in [-0.15, -0.1) is 0 Å². The van der Waals surface area contributed by atoms with E-state index in [-0.39, 0.29) is 23.7 Å². The van der Waals surface area contributed by atoms with Crippen LogP contribution in [0, 0.1) is 11.8 Å². The molecule has 0 saturated carbocycles. The molecule has 6 atom stereocenters. The van der Waals surface area contributed by atoms with Crippen LogP contribution in [0.2, 0.25) is 0 Å². The van der Waals surface area contributed by atoms with E-state index in [4.69, 9.17) is 20.4 Å². The Hall–Kier alpha value is -5.28. The second-order valence-electron chi connectivity index (χ2n) is 15.4. The van der Waals surface area contributed by atoms with Crippen LogP contribution in [0.1, 0.15) is 49.9 Å². The molecule has 2 aromatic heterocycles. The van der Waals surface area contributed by atoms with Gasteiger partial charge in [-0.1, -0.05) is 36.4 Å². The maximum Gasteiger partial charge on any atom is 0.335 e. The lowest BCUT2D eigenvalue weighted by molar-refractivity contribution is -0.165. The lowest BCUT2D eigenvalue weighted by Crippen LogP contribution is -2.47. The first kappa shape index (κ1) is 42.3. The molecule has 4 heterocycles. The maximum absolute atomic E-state index is 12.9. The second kappa shape index (κ2) is 17.7. The van der Waals surface area contributed by atoms with Crippen molar-refractivity contribution in [2.24, 2.45) is 11.8 Å². The van der Waals surface area contributed by atoms with Crippen LogP contribution in [-0.2, 0) is 32.0 Å². The third kappa shape index (κ3) is 8.06. The number of fused-ring (bicyclic) bond motifs is 4. The predicted octanol–water partition coefficient (Wildman–Crippen LogP) is 3.69. The Morgan fingerprint density at radius 3 is 1.34 bits per heavy atom. The van der Waals surface area contributed by atoms with E-state index in [2.05, 4.69) is 123 Å². The van der Waals surface area contributed by atoms with Crippen LogP contribution in [0.5, 0.6) is 0 Å². The molecule has 8 rings (SSSR count). The molecule has 2 aromatic carbocycles. The van der Waals surface area contributed by atoms with Crippen LogP contribution in [-0.4, -0.2) is 151 Å². The molecule has 2 aliphatic heterocycles. The van der Waals surface area contributed by atoms with Gasteiger partial charge >= 0.3 is 11.9 Å². The number of rotatable bonds is 9. The SMILES string of the molecule is CCN(CC)C(=O)[C@@H]1C=C2c3cccc4[nH]cc(c34)C[C@H]2N(C)C1.CCN(CC)C(=O)[C@@H]1C=C2c3cccc4[nH]cc(c34)C[C@H]2N(C)C1.O=C(O)[C@H](O)[C@@H](O)C(=O)O. The van der Waals surface area contributed by atoms with Gasteiger partial charge in [-0.2, -0.15) is 0 Å². The molecular formula is C44H56N6O8. The van der Waals surface area contributed by atoms with Gasteiger partial charge in [0.2, 0.25) is 11.8 Å². The quantitative estimate of drug-likeness (QED) is 0.146. The van der Waals surface area contributed by atoms with Crippen LogP contribution in [0.15, 0.2) is 60.9 Å². The number of amides is 2. The van der Waals surface area contributed by atoms with Crippen molar-refractivity contribution in [2.45, 2.75) is 64.8 Å². The number of carboxylic acids is 2. The minimum atomic E-state index is -2.27. The number of carboxylic acid groups (broad SMARTS) is 2. The number of H-pyrrole nitrogens is 2. The Labute approximate surface area is 338 Å². The monoisotopic (exact) mass is 796 g/mol. The number of benzene rings is 2. The molecule has 58 heavy (non-hydrogen) atoms. The number of aliphatic hydroxyl groups excluding tert-OH is 2. The molecule has 0 radical (unpaired) electrons. The minimum Gasteiger partial charge on any atom is -0.479 e. The van der Waals surface area contributed by atoms with E-state index in [1.165, 1.54) is 55.2 Å². The first-order valence-electron chi connectivity index (χ1n) is 20.2. The van der Waals surface area contributed by atoms with E-state index < -0.39 is 24.1 Å². The molecule has 14 nitrogen and oxygen atoms in total. The summed E-state index contributed by atoms with van der Waals surface area (Å²) >= 11 is 0. The third-order valence-corrected chi connectivity index (χ3v) is 12.1. The fourth-order valence-electron chi connectivity index (χ4n) is 9.02. The van der Waals surface area contributed by atoms with E-state index in [1.807, 2.05) is 9.80 Å². The molecule has 310 valence electrons. The summed E-state index contributed by atoms with van der Waals surface area (Å²) in [6, 6.07) is 13.6. The van der Waals surface area contributed by atoms with Crippen LogP contribution in [0.25, 0.3) is 33.0 Å². The average Bonchev–Trinajstić information content (AvgIpc) is 3.84. The number of nitrogens with zero attached hydrogens (tertiary/aromatic N) is 4. The summed E-state index contributed by atoms with van der Waals surface area (Å²) in [5, 5.41) is 35.2. The highest BCUT2D eigenvalue weighted by Crippen LogP contribution is 2.42. The highest BCUT2D eigenvalue weighted by molar-refractivity contribution is 6.00. The van der Waals surface area contributed by atoms with Gasteiger partial charge in [-0.05, 0) is 100 Å². The number of hydrogen-bond donors (Lipinski definition) is 6. The average molecular weight is 797 g/mol. The zero-order valence-corrected chi connectivity index (χ0v) is 34.1. The van der Waals surface area contributed by atoms with Gasteiger partial charge in [0, 0.05) is 85.6 Å². The van der Waals surface area contributed by atoms with E-state index in [9.17, 15) is 19.2 Å². The Bertz CT molecular complexity index is 2080. The van der Waals surface area contributed by atoms with Gasteiger partial charge in [0.05, 0.1) is 11.8 Å². The van der Waals surface area contributed by atoms with Crippen molar-refractivity contribution in [2.75, 3.05) is 53.4 Å². The van der Waals surface area contributed by atoms with E-state index in [1.54, 1.807) is 0 Å². The minimum absolute atomic E-state index is 0.0445. The lowest BCUT2D eigenvalue weighted by Gasteiger charge is -2.40. The molecule has 2 aliphatic carbocycles. The molecule has 0 bridgehead atoms. The molecule has 0 spiro atoms. The summed E-state index contributed by atoms with van der Waals surface area (Å²) in [5.41, 5.74) is 10.4. The summed E-state index contributed by atoms with van der Waals surface area (Å²) in [6.07, 6.45) is 6.29. The fourth-order valence-corrected chi connectivity index (χ4v) is 9.02. The van der Waals surface area contributed by atoms with Crippen molar-refractivity contribution in [1.82, 2.24) is 29.6 Å². The van der Waals surface area contributed by atoms with Gasteiger partial charge in [-0.3, -0.25) is 19.4 Å². The Morgan fingerprint density at radius 2 is 1.02 bits per heavy atom. The standard InChI is InChI=1S/2C20H25N3O.C4H6O6/c2*1-4-23(5-2)20(24)14-9-16-15-7-6-8-17-19(15)13(11-21-17)10-18(16)22(3)12-14;5-1(3(7)8)2(6)4(9)10/h2*6-9,11,14,18,21H,4-5,10,12H2,1-3H3;1-2,5-6H,(H,7,8)(H,9,10)/t2*14-,18-;1-,2-/m111/s1. The number of likely N-dealkylation sites (N-methyl/N-ethyl adjacent to an activating group) is 2. The highest BCUT2D eigenvalue weighted by Gasteiger charge is 2.38. The predicted molar refractivity (Wildman–Crippen MR) is 223 cm³/mol. The van der Waals surface area contributed by atoms with Crippen molar-refractivity contribution < 1.29 is 39.6 Å². The number of aromatic nitrogens is 2. The first-order chi connectivity index (χ1) is 27.7. The molecule has 4 aromatic rings. The highest BCUT2D eigenvalue weighted by atomic mass is 16.4. The van der Waals surface area contributed by atoms with Crippen molar-refractivity contribution in [1.29, 1.82) is 0 Å². The third-order valence-electron chi connectivity index (χ3n) is 12.1. The molecule has 0 fully saturated rings. The molecular weight excluding hydrogens is 741 g/mol. The van der Waals surface area contributed by atoms with Gasteiger partial charge in [0.15, 0.2) is 12.2 Å². The van der Waals surface area contributed by atoms with Gasteiger partial charge in [-0.25, -0.2) is 9.59 Å². The summed E-state index contributed by atoms with van der Waals surface area (Å²) in [4.78, 5) is 60.7. The summed E-state index contributed by atoms with van der Waals surface area (Å²) < 4.78 is 0. The number of aromatic amines is 2. The van der Waals surface area contributed by atoms with Gasteiger partial charge in [0.1, 0.15) is 0 Å². The number of aliphatic hydroxyl groups is 2. The molecule has 14 heteroatoms. The van der Waals surface area contributed by atoms with Crippen LogP contribution in [0.4, 0.5) is 0 Å². The molecule has 0 saturated heterocycles. The Balaban J connectivity index is 0.000000160. The van der Waals surface area contributed by atoms with E-state index >= 15 is 0 Å². The van der Waals surface area contributed by atoms with Crippen molar-refractivity contribution in [3.05, 3.63) is 83.2 Å². The van der Waals surface area contributed by atoms with Crippen molar-refractivity contribution in [3.63, 3.8) is 0 Å². The Kier molecular flexibility index (Phi) is 12.9. The molecule has 4 aliphatic rings. The molecule has 6 N–H and O–H groups in total. The van der Waals surface area contributed by atoms with Crippen molar-refractivity contribution >= 4 is 56.7 Å². The van der Waals surface area contributed by atoms with Gasteiger partial charge < -0.3 is 40.2 Å². The summed E-state index contributed by atoms with van der Waals surface area (Å²) in [6.45, 7) is 12.9. The Morgan fingerprint density at radius 1 is 0.655 bits per heavy atom. The number of nitrogens with one attached hydrogen (secondary N) is 2. The number of hydrogen-bond acceptors (Lipinski definition) is 8. The molecule has 2 amide bonds. The smallest absolute Gasteiger partial charge is 0.335 e. The summed E-state index contributed by atoms with van der Waals surface area (Å²) in [5.74, 6) is -3.12. The topological polar surface area (TPSA) is 194 Å². The number of carbonyl (C=O) groups excluding carboxylic acids is 2. The van der Waals surface area contributed by atoms with Crippen LogP contribution >= 0.6 is 0 Å². The van der Waals surface area contributed by atoms with E-state index in [0.717, 1.165) is 52.1 Å². The second-order valence-corrected chi connectivity index (χ2v) is 15.4. The van der Waals surface area contributed by atoms with E-state index in [0.29, 0.717) is 12.1 Å².